The smallest absolute Gasteiger partial charge is 0.336 e. The average molecular weight is 445 g/mol. The van der Waals surface area contributed by atoms with Crippen LogP contribution in [-0.2, 0) is 0 Å². The number of nitrogens with zero attached hydrogens (tertiary/aromatic N) is 2. The molecular formula is C24H17ClN4O3. The Morgan fingerprint density at radius 3 is 2.53 bits per heavy atom. The van der Waals surface area contributed by atoms with Crippen LogP contribution >= 0.6 is 11.6 Å². The summed E-state index contributed by atoms with van der Waals surface area (Å²) in [6.07, 6.45) is 3.61. The first kappa shape index (κ1) is 19.8. The first-order valence-electron chi connectivity index (χ1n) is 9.78. The van der Waals surface area contributed by atoms with Gasteiger partial charge in [0.2, 0.25) is 0 Å². The summed E-state index contributed by atoms with van der Waals surface area (Å²) in [6.45, 7) is 1.74. The molecule has 32 heavy (non-hydrogen) atoms. The number of halogens is 1. The van der Waals surface area contributed by atoms with Crippen LogP contribution in [0.15, 0.2) is 67.0 Å². The fourth-order valence-corrected chi connectivity index (χ4v) is 3.81. The van der Waals surface area contributed by atoms with Crippen LogP contribution in [0.3, 0.4) is 0 Å². The Morgan fingerprint density at radius 2 is 1.81 bits per heavy atom. The molecule has 0 amide bonds. The van der Waals surface area contributed by atoms with Gasteiger partial charge in [-0.25, -0.2) is 4.79 Å². The van der Waals surface area contributed by atoms with Gasteiger partial charge in [-0.1, -0.05) is 41.9 Å². The standard InChI is InChI=1S/C24H17ClN4O3/c1-13-2-7-17(8-18(13)23(30)31)32-24-28-21-9-19(20(25)10-22(21)29-24)15-5-3-14(4-6-15)16-11-26-27-12-16/h2-12H,1H3,(H,26,27)(H,28,29)(H,30,31). The van der Waals surface area contributed by atoms with E-state index in [1.54, 1.807) is 31.3 Å². The van der Waals surface area contributed by atoms with E-state index in [9.17, 15) is 9.90 Å². The van der Waals surface area contributed by atoms with Crippen molar-refractivity contribution >= 4 is 28.6 Å². The summed E-state index contributed by atoms with van der Waals surface area (Å²) in [5.74, 6) is -0.624. The van der Waals surface area contributed by atoms with E-state index in [4.69, 9.17) is 16.3 Å². The van der Waals surface area contributed by atoms with Gasteiger partial charge in [-0.3, -0.25) is 5.10 Å². The predicted molar refractivity (Wildman–Crippen MR) is 122 cm³/mol. The Balaban J connectivity index is 1.46. The number of ether oxygens (including phenoxy) is 1. The van der Waals surface area contributed by atoms with Crippen molar-refractivity contribution in [2.75, 3.05) is 0 Å². The molecule has 0 atom stereocenters. The zero-order chi connectivity index (χ0) is 22.2. The van der Waals surface area contributed by atoms with Gasteiger partial charge < -0.3 is 14.8 Å². The van der Waals surface area contributed by atoms with Crippen LogP contribution < -0.4 is 4.74 Å². The summed E-state index contributed by atoms with van der Waals surface area (Å²) in [4.78, 5) is 18.9. The summed E-state index contributed by atoms with van der Waals surface area (Å²) in [7, 11) is 0. The molecule has 0 unspecified atom stereocenters. The van der Waals surface area contributed by atoms with Crippen molar-refractivity contribution in [3.8, 4) is 34.0 Å². The predicted octanol–water partition coefficient (Wildman–Crippen LogP) is 6.07. The van der Waals surface area contributed by atoms with Gasteiger partial charge in [0.15, 0.2) is 0 Å². The number of rotatable bonds is 5. The molecule has 0 aliphatic carbocycles. The van der Waals surface area contributed by atoms with E-state index in [-0.39, 0.29) is 11.6 Å². The van der Waals surface area contributed by atoms with Gasteiger partial charge in [0.25, 0.3) is 6.01 Å². The number of carboxylic acid groups (broad SMARTS) is 1. The van der Waals surface area contributed by atoms with Gasteiger partial charge in [-0.15, -0.1) is 0 Å². The summed E-state index contributed by atoms with van der Waals surface area (Å²) in [5, 5.41) is 16.7. The van der Waals surface area contributed by atoms with Gasteiger partial charge in [0, 0.05) is 17.3 Å². The summed E-state index contributed by atoms with van der Waals surface area (Å²) >= 11 is 6.55. The first-order chi connectivity index (χ1) is 15.5. The quantitative estimate of drug-likeness (QED) is 0.305. The number of aryl methyl sites for hydroxylation is 1. The van der Waals surface area contributed by atoms with Crippen molar-refractivity contribution in [3.63, 3.8) is 0 Å². The summed E-state index contributed by atoms with van der Waals surface area (Å²) in [6, 6.07) is 16.8. The maximum absolute atomic E-state index is 11.4. The number of carboxylic acids is 1. The number of fused-ring (bicyclic) bond motifs is 1. The van der Waals surface area contributed by atoms with Crippen molar-refractivity contribution in [2.45, 2.75) is 6.92 Å². The fourth-order valence-electron chi connectivity index (χ4n) is 3.53. The number of benzene rings is 3. The van der Waals surface area contributed by atoms with E-state index in [1.807, 2.05) is 36.5 Å². The molecule has 0 saturated carbocycles. The lowest BCUT2D eigenvalue weighted by Crippen LogP contribution is -2.00. The third-order valence-electron chi connectivity index (χ3n) is 5.23. The second-order valence-corrected chi connectivity index (χ2v) is 7.75. The zero-order valence-corrected chi connectivity index (χ0v) is 17.6. The molecule has 5 aromatic rings. The molecule has 5 rings (SSSR count). The highest BCUT2D eigenvalue weighted by Crippen LogP contribution is 2.34. The van der Waals surface area contributed by atoms with Crippen LogP contribution in [0.4, 0.5) is 0 Å². The molecule has 0 aliphatic heterocycles. The van der Waals surface area contributed by atoms with Crippen LogP contribution in [-0.4, -0.2) is 31.2 Å². The van der Waals surface area contributed by atoms with Gasteiger partial charge in [-0.2, -0.15) is 10.1 Å². The van der Waals surface area contributed by atoms with Crippen LogP contribution in [0.1, 0.15) is 15.9 Å². The highest BCUT2D eigenvalue weighted by Gasteiger charge is 2.13. The molecule has 0 spiro atoms. The second kappa shape index (κ2) is 7.86. The molecule has 0 radical (unpaired) electrons. The van der Waals surface area contributed by atoms with Crippen LogP contribution in [0.25, 0.3) is 33.3 Å². The molecule has 0 bridgehead atoms. The number of aromatic amines is 2. The average Bonchev–Trinajstić information content (AvgIpc) is 3.44. The number of imidazole rings is 1. The minimum absolute atomic E-state index is 0.183. The molecule has 2 heterocycles. The van der Waals surface area contributed by atoms with E-state index in [2.05, 4.69) is 20.2 Å². The number of nitrogens with one attached hydrogen (secondary N) is 2. The van der Waals surface area contributed by atoms with Crippen molar-refractivity contribution in [3.05, 3.63) is 83.1 Å². The maximum atomic E-state index is 11.4. The number of aromatic carboxylic acids is 1. The van der Waals surface area contributed by atoms with Crippen molar-refractivity contribution in [2.24, 2.45) is 0 Å². The van der Waals surface area contributed by atoms with E-state index in [1.165, 1.54) is 6.07 Å². The minimum atomic E-state index is -1.01. The molecule has 3 N–H and O–H groups in total. The Bertz CT molecular complexity index is 1440. The number of aromatic nitrogens is 4. The van der Waals surface area contributed by atoms with Gasteiger partial charge in [-0.05, 0) is 47.9 Å². The van der Waals surface area contributed by atoms with E-state index in [0.29, 0.717) is 27.4 Å². The Kier molecular flexibility index (Phi) is 4.88. The van der Waals surface area contributed by atoms with E-state index >= 15 is 0 Å². The zero-order valence-electron chi connectivity index (χ0n) is 16.9. The largest absolute Gasteiger partial charge is 0.478 e. The van der Waals surface area contributed by atoms with Crippen molar-refractivity contribution in [1.29, 1.82) is 0 Å². The fraction of sp³-hybridized carbons (Fsp3) is 0.0417. The third kappa shape index (κ3) is 3.70. The lowest BCUT2D eigenvalue weighted by atomic mass is 10.0. The lowest BCUT2D eigenvalue weighted by molar-refractivity contribution is 0.0695. The Labute approximate surface area is 187 Å². The van der Waals surface area contributed by atoms with E-state index in [0.717, 1.165) is 22.3 Å². The molecule has 8 heteroatoms. The number of H-pyrrole nitrogens is 2. The molecule has 0 saturated heterocycles. The molecule has 158 valence electrons. The van der Waals surface area contributed by atoms with Crippen molar-refractivity contribution < 1.29 is 14.6 Å². The molecular weight excluding hydrogens is 428 g/mol. The Morgan fingerprint density at radius 1 is 1.03 bits per heavy atom. The maximum Gasteiger partial charge on any atom is 0.336 e. The molecule has 3 aromatic carbocycles. The van der Waals surface area contributed by atoms with E-state index < -0.39 is 5.97 Å². The molecule has 2 aromatic heterocycles. The van der Waals surface area contributed by atoms with Crippen LogP contribution in [0.5, 0.6) is 11.8 Å². The topological polar surface area (TPSA) is 104 Å². The summed E-state index contributed by atoms with van der Waals surface area (Å²) < 4.78 is 5.77. The monoisotopic (exact) mass is 444 g/mol. The van der Waals surface area contributed by atoms with Crippen LogP contribution in [0.2, 0.25) is 5.02 Å². The first-order valence-corrected chi connectivity index (χ1v) is 10.2. The van der Waals surface area contributed by atoms with Crippen molar-refractivity contribution in [1.82, 2.24) is 20.2 Å². The highest BCUT2D eigenvalue weighted by molar-refractivity contribution is 6.34. The SMILES string of the molecule is Cc1ccc(Oc2nc3cc(-c4ccc(-c5cn[nH]c5)cc4)c(Cl)cc3[nH]2)cc1C(=O)O. The minimum Gasteiger partial charge on any atom is -0.478 e. The second-order valence-electron chi connectivity index (χ2n) is 7.34. The lowest BCUT2D eigenvalue weighted by Gasteiger charge is -2.06. The molecule has 0 aliphatic rings. The van der Waals surface area contributed by atoms with Gasteiger partial charge in [0.1, 0.15) is 5.75 Å². The number of hydrogen-bond acceptors (Lipinski definition) is 4. The highest BCUT2D eigenvalue weighted by atomic mass is 35.5. The third-order valence-corrected chi connectivity index (χ3v) is 5.54. The Hall–Kier alpha value is -4.10. The summed E-state index contributed by atoms with van der Waals surface area (Å²) in [5.41, 5.74) is 6.10. The number of hydrogen-bond donors (Lipinski definition) is 3. The normalized spacial score (nSPS) is 11.1. The van der Waals surface area contributed by atoms with Gasteiger partial charge in [0.05, 0.1) is 27.8 Å². The number of carbonyl (C=O) groups is 1. The molecule has 0 fully saturated rings. The molecule has 7 nitrogen and oxygen atoms in total. The van der Waals surface area contributed by atoms with Crippen LogP contribution in [0, 0.1) is 6.92 Å². The van der Waals surface area contributed by atoms with Gasteiger partial charge >= 0.3 is 5.97 Å².